The predicted molar refractivity (Wildman–Crippen MR) is 80.7 cm³/mol. The number of hydrogen-bond donors (Lipinski definition) is 2. The number of amidine groups is 1. The van der Waals surface area contributed by atoms with Crippen molar-refractivity contribution in [1.82, 2.24) is 14.5 Å². The number of nitrogens with zero attached hydrogens (tertiary/aromatic N) is 4. The zero-order chi connectivity index (χ0) is 14.8. The lowest BCUT2D eigenvalue weighted by Crippen LogP contribution is -2.18. The third-order valence-electron chi connectivity index (χ3n) is 3.33. The van der Waals surface area contributed by atoms with Crippen molar-refractivity contribution in [3.8, 4) is 5.69 Å². The smallest absolute Gasteiger partial charge is 0.146 e. The van der Waals surface area contributed by atoms with E-state index in [-0.39, 0.29) is 12.3 Å². The zero-order valence-electron chi connectivity index (χ0n) is 11.6. The molecule has 0 saturated heterocycles. The van der Waals surface area contributed by atoms with Gasteiger partial charge in [-0.3, -0.25) is 9.55 Å². The Hall–Kier alpha value is -2.89. The standard InChI is InChI=1S/C15H15N5O/c1-10-9-17-7-6-12(10)20-13-5-3-2-4-11(13)18-15(20)8-14(16)19-21/h2-7,9,21H,8H2,1H3,(H2,16,19). The number of fused-ring (bicyclic) bond motifs is 1. The monoisotopic (exact) mass is 281 g/mol. The molecule has 0 atom stereocenters. The second-order valence-electron chi connectivity index (χ2n) is 4.78. The summed E-state index contributed by atoms with van der Waals surface area (Å²) in [5.74, 6) is 0.846. The SMILES string of the molecule is Cc1cnccc1-n1c(CC(N)=NO)nc2ccccc21. The molecule has 3 rings (SSSR count). The number of rotatable bonds is 3. The minimum absolute atomic E-state index is 0.123. The van der Waals surface area contributed by atoms with Crippen LogP contribution in [0.1, 0.15) is 11.4 Å². The molecule has 0 fully saturated rings. The summed E-state index contributed by atoms with van der Waals surface area (Å²) in [5.41, 5.74) is 9.51. The van der Waals surface area contributed by atoms with Crippen molar-refractivity contribution >= 4 is 16.9 Å². The van der Waals surface area contributed by atoms with Gasteiger partial charge < -0.3 is 10.9 Å². The molecule has 21 heavy (non-hydrogen) atoms. The second kappa shape index (κ2) is 5.24. The summed E-state index contributed by atoms with van der Waals surface area (Å²) in [4.78, 5) is 8.71. The molecular formula is C15H15N5O. The third-order valence-corrected chi connectivity index (χ3v) is 3.33. The van der Waals surface area contributed by atoms with E-state index in [9.17, 15) is 0 Å². The van der Waals surface area contributed by atoms with Crippen molar-refractivity contribution in [2.45, 2.75) is 13.3 Å². The fourth-order valence-corrected chi connectivity index (χ4v) is 2.38. The Morgan fingerprint density at radius 2 is 2.14 bits per heavy atom. The minimum Gasteiger partial charge on any atom is -0.409 e. The first kappa shape index (κ1) is 13.1. The topological polar surface area (TPSA) is 89.3 Å². The highest BCUT2D eigenvalue weighted by Gasteiger charge is 2.14. The van der Waals surface area contributed by atoms with E-state index < -0.39 is 0 Å². The van der Waals surface area contributed by atoms with Crippen LogP contribution in [0.4, 0.5) is 0 Å². The van der Waals surface area contributed by atoms with Gasteiger partial charge in [0.15, 0.2) is 0 Å². The van der Waals surface area contributed by atoms with Crippen LogP contribution in [0, 0.1) is 6.92 Å². The van der Waals surface area contributed by atoms with E-state index in [1.165, 1.54) is 0 Å². The van der Waals surface area contributed by atoms with Gasteiger partial charge in [0, 0.05) is 12.4 Å². The van der Waals surface area contributed by atoms with E-state index in [2.05, 4.69) is 15.1 Å². The van der Waals surface area contributed by atoms with Crippen molar-refractivity contribution < 1.29 is 5.21 Å². The highest BCUT2D eigenvalue weighted by molar-refractivity contribution is 5.84. The van der Waals surface area contributed by atoms with Crippen molar-refractivity contribution in [2.24, 2.45) is 10.9 Å². The van der Waals surface area contributed by atoms with Gasteiger partial charge in [0.1, 0.15) is 11.7 Å². The quantitative estimate of drug-likeness (QED) is 0.332. The number of nitrogens with two attached hydrogens (primary N) is 1. The van der Waals surface area contributed by atoms with Crippen LogP contribution >= 0.6 is 0 Å². The second-order valence-corrected chi connectivity index (χ2v) is 4.78. The van der Waals surface area contributed by atoms with Crippen molar-refractivity contribution in [3.63, 3.8) is 0 Å². The van der Waals surface area contributed by atoms with E-state index in [4.69, 9.17) is 10.9 Å². The summed E-state index contributed by atoms with van der Waals surface area (Å²) >= 11 is 0. The minimum atomic E-state index is 0.123. The van der Waals surface area contributed by atoms with Gasteiger partial charge >= 0.3 is 0 Å². The van der Waals surface area contributed by atoms with Crippen LogP contribution in [0.5, 0.6) is 0 Å². The van der Waals surface area contributed by atoms with Crippen molar-refractivity contribution in [1.29, 1.82) is 0 Å². The maximum atomic E-state index is 8.80. The molecule has 0 bridgehead atoms. The number of aromatic nitrogens is 3. The Balaban J connectivity index is 2.28. The molecule has 6 heteroatoms. The van der Waals surface area contributed by atoms with Gasteiger partial charge in [0.05, 0.1) is 23.1 Å². The third kappa shape index (κ3) is 2.31. The van der Waals surface area contributed by atoms with Gasteiger partial charge in [-0.05, 0) is 30.7 Å². The molecular weight excluding hydrogens is 266 g/mol. The molecule has 0 aliphatic carbocycles. The van der Waals surface area contributed by atoms with E-state index in [1.807, 2.05) is 41.8 Å². The maximum absolute atomic E-state index is 8.80. The zero-order valence-corrected chi connectivity index (χ0v) is 11.6. The van der Waals surface area contributed by atoms with E-state index >= 15 is 0 Å². The van der Waals surface area contributed by atoms with Gasteiger partial charge in [0.2, 0.25) is 0 Å². The number of imidazole rings is 1. The lowest BCUT2D eigenvalue weighted by atomic mass is 10.2. The largest absolute Gasteiger partial charge is 0.409 e. The molecule has 6 nitrogen and oxygen atoms in total. The molecule has 0 spiro atoms. The Kier molecular flexibility index (Phi) is 3.27. The first-order valence-electron chi connectivity index (χ1n) is 6.54. The van der Waals surface area contributed by atoms with Gasteiger partial charge in [0.25, 0.3) is 0 Å². The molecule has 3 N–H and O–H groups in total. The van der Waals surface area contributed by atoms with Crippen LogP contribution < -0.4 is 5.73 Å². The van der Waals surface area contributed by atoms with Crippen LogP contribution in [0.25, 0.3) is 16.7 Å². The van der Waals surface area contributed by atoms with E-state index in [1.54, 1.807) is 12.4 Å². The van der Waals surface area contributed by atoms with Crippen LogP contribution in [-0.4, -0.2) is 25.6 Å². The van der Waals surface area contributed by atoms with E-state index in [0.717, 1.165) is 28.1 Å². The average molecular weight is 281 g/mol. The first-order valence-corrected chi connectivity index (χ1v) is 6.54. The Morgan fingerprint density at radius 1 is 1.33 bits per heavy atom. The fourth-order valence-electron chi connectivity index (χ4n) is 2.38. The van der Waals surface area contributed by atoms with Gasteiger partial charge in [-0.2, -0.15) is 0 Å². The number of para-hydroxylation sites is 2. The van der Waals surface area contributed by atoms with Gasteiger partial charge in [-0.15, -0.1) is 0 Å². The Morgan fingerprint density at radius 3 is 2.90 bits per heavy atom. The van der Waals surface area contributed by atoms with Crippen LogP contribution in [0.15, 0.2) is 47.9 Å². The molecule has 0 unspecified atom stereocenters. The fraction of sp³-hybridized carbons (Fsp3) is 0.133. The molecule has 0 amide bonds. The number of oxime groups is 1. The summed E-state index contributed by atoms with van der Waals surface area (Å²) in [5, 5.41) is 11.8. The summed E-state index contributed by atoms with van der Waals surface area (Å²) in [7, 11) is 0. The normalized spacial score (nSPS) is 12.0. The van der Waals surface area contributed by atoms with Crippen molar-refractivity contribution in [2.75, 3.05) is 0 Å². The highest BCUT2D eigenvalue weighted by Crippen LogP contribution is 2.23. The van der Waals surface area contributed by atoms with Crippen LogP contribution in [-0.2, 0) is 6.42 Å². The Bertz CT molecular complexity index is 822. The van der Waals surface area contributed by atoms with E-state index in [0.29, 0.717) is 0 Å². The average Bonchev–Trinajstić information content (AvgIpc) is 2.85. The first-order chi connectivity index (χ1) is 10.2. The number of hydrogen-bond acceptors (Lipinski definition) is 4. The van der Waals surface area contributed by atoms with Crippen LogP contribution in [0.3, 0.4) is 0 Å². The van der Waals surface area contributed by atoms with Crippen molar-refractivity contribution in [3.05, 3.63) is 54.1 Å². The molecule has 2 heterocycles. The maximum Gasteiger partial charge on any atom is 0.146 e. The summed E-state index contributed by atoms with van der Waals surface area (Å²) < 4.78 is 2.02. The molecule has 3 aromatic rings. The molecule has 0 aliphatic heterocycles. The molecule has 2 aromatic heterocycles. The number of pyridine rings is 1. The number of benzene rings is 1. The molecule has 0 aliphatic rings. The molecule has 0 saturated carbocycles. The molecule has 1 aromatic carbocycles. The van der Waals surface area contributed by atoms with Gasteiger partial charge in [-0.25, -0.2) is 4.98 Å². The summed E-state index contributed by atoms with van der Waals surface area (Å²) in [6, 6.07) is 9.77. The Labute approximate surface area is 121 Å². The number of aryl methyl sites for hydroxylation is 1. The lowest BCUT2D eigenvalue weighted by Gasteiger charge is -2.11. The highest BCUT2D eigenvalue weighted by atomic mass is 16.4. The summed E-state index contributed by atoms with van der Waals surface area (Å²) in [6.45, 7) is 1.99. The molecule has 0 radical (unpaired) electrons. The van der Waals surface area contributed by atoms with Gasteiger partial charge in [-0.1, -0.05) is 17.3 Å². The molecule has 106 valence electrons. The van der Waals surface area contributed by atoms with Crippen LogP contribution in [0.2, 0.25) is 0 Å². The summed E-state index contributed by atoms with van der Waals surface area (Å²) in [6.07, 6.45) is 3.81. The lowest BCUT2D eigenvalue weighted by molar-refractivity contribution is 0.317. The predicted octanol–water partition coefficient (Wildman–Crippen LogP) is 2.02.